The minimum Gasteiger partial charge on any atom is -0.506 e. The van der Waals surface area contributed by atoms with Gasteiger partial charge in [-0.1, -0.05) is 45.2 Å². The van der Waals surface area contributed by atoms with Crippen LogP contribution < -0.4 is 5.43 Å². The first-order valence-electron chi connectivity index (χ1n) is 8.94. The lowest BCUT2D eigenvalue weighted by atomic mass is 9.89. The summed E-state index contributed by atoms with van der Waals surface area (Å²) >= 11 is 15.5. The molecule has 4 rings (SSSR count). The Bertz CT molecular complexity index is 1480. The Hall–Kier alpha value is -3.07. The fourth-order valence-electron chi connectivity index (χ4n) is 3.56. The number of carboxylic acid groups (broad SMARTS) is 2. The predicted molar refractivity (Wildman–Crippen MR) is 122 cm³/mol. The van der Waals surface area contributed by atoms with Gasteiger partial charge in [-0.2, -0.15) is 0 Å². The number of halogens is 3. The van der Waals surface area contributed by atoms with Crippen LogP contribution in [0.4, 0.5) is 0 Å². The van der Waals surface area contributed by atoms with E-state index >= 15 is 0 Å². The average molecular weight is 538 g/mol. The maximum Gasteiger partial charge on any atom is 0.336 e. The minimum atomic E-state index is -1.25. The molecule has 0 amide bonds. The highest BCUT2D eigenvalue weighted by molar-refractivity contribution is 9.10. The third-order valence-electron chi connectivity index (χ3n) is 4.90. The second-order valence-electron chi connectivity index (χ2n) is 6.88. The number of aromatic carboxylic acids is 1. The van der Waals surface area contributed by atoms with Gasteiger partial charge in [0.05, 0.1) is 22.0 Å². The average Bonchev–Trinajstić information content (AvgIpc) is 2.71. The van der Waals surface area contributed by atoms with Crippen LogP contribution in [0.25, 0.3) is 33.4 Å². The summed E-state index contributed by atoms with van der Waals surface area (Å²) in [5.41, 5.74) is 0.109. The van der Waals surface area contributed by atoms with Crippen molar-refractivity contribution in [2.24, 2.45) is 0 Å². The Kier molecular flexibility index (Phi) is 5.62. The SMILES string of the molecule is O=C(O)Cc1c(O)c(Cl)cc2c(-c3ccc(Br)cc3C(=O)O)c3cc(Cl)c(=O)cc-3oc12. The van der Waals surface area contributed by atoms with Crippen molar-refractivity contribution < 1.29 is 29.3 Å². The molecule has 32 heavy (non-hydrogen) atoms. The van der Waals surface area contributed by atoms with E-state index < -0.39 is 29.5 Å². The molecule has 2 aromatic rings. The van der Waals surface area contributed by atoms with Gasteiger partial charge in [0, 0.05) is 32.6 Å². The molecule has 3 N–H and O–H groups in total. The molecule has 0 atom stereocenters. The highest BCUT2D eigenvalue weighted by atomic mass is 79.9. The normalized spacial score (nSPS) is 11.2. The quantitative estimate of drug-likeness (QED) is 0.286. The summed E-state index contributed by atoms with van der Waals surface area (Å²) < 4.78 is 6.36. The summed E-state index contributed by atoms with van der Waals surface area (Å²) in [4.78, 5) is 35.6. The summed E-state index contributed by atoms with van der Waals surface area (Å²) in [6, 6.07) is 8.41. The van der Waals surface area contributed by atoms with Crippen LogP contribution in [0, 0.1) is 0 Å². The minimum absolute atomic E-state index is 0.0366. The molecule has 1 aliphatic heterocycles. The van der Waals surface area contributed by atoms with E-state index in [0.29, 0.717) is 15.6 Å². The lowest BCUT2D eigenvalue weighted by Gasteiger charge is -2.19. The molecule has 0 saturated heterocycles. The first-order valence-corrected chi connectivity index (χ1v) is 10.5. The maximum absolute atomic E-state index is 12.2. The van der Waals surface area contributed by atoms with Gasteiger partial charge >= 0.3 is 11.9 Å². The van der Waals surface area contributed by atoms with Crippen LogP contribution in [0.1, 0.15) is 15.9 Å². The van der Waals surface area contributed by atoms with E-state index in [9.17, 15) is 29.7 Å². The number of phenolic OH excluding ortho intramolecular Hbond substituents is 1. The number of benzene rings is 3. The number of hydrogen-bond donors (Lipinski definition) is 3. The van der Waals surface area contributed by atoms with Crippen molar-refractivity contribution in [3.63, 3.8) is 0 Å². The van der Waals surface area contributed by atoms with Gasteiger partial charge in [0.25, 0.3) is 0 Å². The zero-order valence-electron chi connectivity index (χ0n) is 15.8. The zero-order chi connectivity index (χ0) is 23.3. The predicted octanol–water partition coefficient (Wildman–Crippen LogP) is 5.67. The highest BCUT2D eigenvalue weighted by Crippen LogP contribution is 2.46. The molecule has 7 nitrogen and oxygen atoms in total. The molecular weight excluding hydrogens is 527 g/mol. The molecule has 10 heteroatoms. The smallest absolute Gasteiger partial charge is 0.336 e. The molecule has 0 fully saturated rings. The summed E-state index contributed by atoms with van der Waals surface area (Å²) in [5, 5.41) is 29.5. The summed E-state index contributed by atoms with van der Waals surface area (Å²) in [6.45, 7) is 0. The lowest BCUT2D eigenvalue weighted by Crippen LogP contribution is -2.06. The molecule has 0 spiro atoms. The largest absolute Gasteiger partial charge is 0.506 e. The number of rotatable bonds is 4. The lowest BCUT2D eigenvalue weighted by molar-refractivity contribution is -0.136. The van der Waals surface area contributed by atoms with E-state index in [-0.39, 0.29) is 43.5 Å². The summed E-state index contributed by atoms with van der Waals surface area (Å²) in [5.74, 6) is -2.92. The molecule has 1 aliphatic carbocycles. The number of carboxylic acids is 2. The second kappa shape index (κ2) is 8.12. The van der Waals surface area contributed by atoms with Crippen LogP contribution >= 0.6 is 39.1 Å². The van der Waals surface area contributed by atoms with Crippen LogP contribution in [-0.2, 0) is 11.2 Å². The van der Waals surface area contributed by atoms with Crippen molar-refractivity contribution in [3.8, 4) is 28.2 Å². The van der Waals surface area contributed by atoms with Crippen LogP contribution in [0.15, 0.2) is 50.1 Å². The molecule has 0 aromatic heterocycles. The Morgan fingerprint density at radius 2 is 1.72 bits per heavy atom. The molecule has 0 bridgehead atoms. The van der Waals surface area contributed by atoms with Crippen LogP contribution in [-0.4, -0.2) is 27.3 Å². The van der Waals surface area contributed by atoms with Gasteiger partial charge in [-0.15, -0.1) is 0 Å². The molecule has 2 aromatic carbocycles. The Morgan fingerprint density at radius 1 is 1.00 bits per heavy atom. The van der Waals surface area contributed by atoms with Gasteiger partial charge in [-0.25, -0.2) is 4.79 Å². The van der Waals surface area contributed by atoms with Crippen LogP contribution in [0.2, 0.25) is 10.0 Å². The van der Waals surface area contributed by atoms with Crippen molar-refractivity contribution in [2.75, 3.05) is 0 Å². The Labute approximate surface area is 197 Å². The molecule has 0 saturated carbocycles. The molecule has 0 radical (unpaired) electrons. The molecule has 1 heterocycles. The Morgan fingerprint density at radius 3 is 2.38 bits per heavy atom. The van der Waals surface area contributed by atoms with Crippen molar-refractivity contribution in [1.82, 2.24) is 0 Å². The van der Waals surface area contributed by atoms with Crippen molar-refractivity contribution in [1.29, 1.82) is 0 Å². The Balaban J connectivity index is 2.29. The van der Waals surface area contributed by atoms with Gasteiger partial charge in [0.1, 0.15) is 17.1 Å². The topological polar surface area (TPSA) is 125 Å². The second-order valence-corrected chi connectivity index (χ2v) is 8.61. The van der Waals surface area contributed by atoms with Gasteiger partial charge in [0.15, 0.2) is 0 Å². The van der Waals surface area contributed by atoms with Crippen molar-refractivity contribution in [3.05, 3.63) is 72.3 Å². The number of hydrogen-bond acceptors (Lipinski definition) is 5. The van der Waals surface area contributed by atoms with Gasteiger partial charge in [-0.3, -0.25) is 9.59 Å². The number of aromatic hydroxyl groups is 1. The first-order chi connectivity index (χ1) is 15.1. The van der Waals surface area contributed by atoms with E-state index in [2.05, 4.69) is 15.9 Å². The molecule has 2 aliphatic rings. The maximum atomic E-state index is 12.2. The number of carbonyl (C=O) groups is 2. The summed E-state index contributed by atoms with van der Waals surface area (Å²) in [6.07, 6.45) is -0.624. The van der Waals surface area contributed by atoms with Crippen molar-refractivity contribution >= 4 is 62.0 Å². The fourth-order valence-corrected chi connectivity index (χ4v) is 4.31. The zero-order valence-corrected chi connectivity index (χ0v) is 18.9. The van der Waals surface area contributed by atoms with E-state index in [1.807, 2.05) is 0 Å². The fraction of sp³-hybridized carbons (Fsp3) is 0.0455. The van der Waals surface area contributed by atoms with Crippen LogP contribution in [0.3, 0.4) is 0 Å². The highest BCUT2D eigenvalue weighted by Gasteiger charge is 2.26. The van der Waals surface area contributed by atoms with Gasteiger partial charge in [-0.05, 0) is 29.8 Å². The van der Waals surface area contributed by atoms with E-state index in [1.54, 1.807) is 12.1 Å². The molecular formula is C22H11BrCl2O7. The van der Waals surface area contributed by atoms with Gasteiger partial charge < -0.3 is 19.7 Å². The number of aliphatic carboxylic acids is 1. The molecule has 0 unspecified atom stereocenters. The standard InChI is InChI=1S/C22H11BrCl2O7/c23-8-1-2-9(10(3-8)22(30)31)19-11-4-14(24)16(26)7-17(11)32-21-12(19)5-15(25)20(29)13(21)6-18(27)28/h1-5,7,29H,6H2,(H,27,28)(H,30,31). The third kappa shape index (κ3) is 3.70. The van der Waals surface area contributed by atoms with Crippen molar-refractivity contribution in [2.45, 2.75) is 6.42 Å². The first kappa shape index (κ1) is 22.1. The summed E-state index contributed by atoms with van der Waals surface area (Å²) in [7, 11) is 0. The third-order valence-corrected chi connectivity index (χ3v) is 5.97. The molecule has 162 valence electrons. The monoisotopic (exact) mass is 536 g/mol. The van der Waals surface area contributed by atoms with E-state index in [0.717, 1.165) is 6.07 Å². The van der Waals surface area contributed by atoms with E-state index in [1.165, 1.54) is 18.2 Å². The number of fused-ring (bicyclic) bond motifs is 2. The van der Waals surface area contributed by atoms with E-state index in [4.69, 9.17) is 27.6 Å². The van der Waals surface area contributed by atoms with Crippen LogP contribution in [0.5, 0.6) is 5.75 Å². The number of phenols is 1. The van der Waals surface area contributed by atoms with Gasteiger partial charge in [0.2, 0.25) is 5.43 Å².